The Kier molecular flexibility index (Phi) is 5.02. The lowest BCUT2D eigenvalue weighted by Crippen LogP contribution is -2.50. The van der Waals surface area contributed by atoms with E-state index in [-0.39, 0.29) is 18.2 Å². The number of carbonyl (C=O) groups excluding carboxylic acids is 1. The summed E-state index contributed by atoms with van der Waals surface area (Å²) in [6.45, 7) is 2.97. The predicted octanol–water partition coefficient (Wildman–Crippen LogP) is 2.91. The minimum atomic E-state index is 0.0560. The minimum absolute atomic E-state index is 0.0560. The lowest BCUT2D eigenvalue weighted by Gasteiger charge is -2.34. The van der Waals surface area contributed by atoms with Crippen molar-refractivity contribution in [2.45, 2.75) is 37.8 Å². The molecule has 0 atom stereocenters. The summed E-state index contributed by atoms with van der Waals surface area (Å²) >= 11 is 0. The van der Waals surface area contributed by atoms with Crippen LogP contribution in [-0.4, -0.2) is 53.9 Å². The topological polar surface area (TPSA) is 55.7 Å². The van der Waals surface area contributed by atoms with E-state index in [2.05, 4.69) is 28.2 Å². The molecule has 0 bridgehead atoms. The van der Waals surface area contributed by atoms with E-state index in [1.165, 1.54) is 5.52 Å². The Morgan fingerprint density at radius 1 is 1.15 bits per heavy atom. The Morgan fingerprint density at radius 2 is 1.92 bits per heavy atom. The number of aryl methyl sites for hydroxylation is 1. The number of urea groups is 1. The van der Waals surface area contributed by atoms with Gasteiger partial charge in [0, 0.05) is 63.8 Å². The van der Waals surface area contributed by atoms with Gasteiger partial charge in [-0.3, -0.25) is 0 Å². The molecule has 4 rings (SSSR count). The first-order valence-electron chi connectivity index (χ1n) is 9.54. The second-order valence-corrected chi connectivity index (χ2v) is 7.26. The highest BCUT2D eigenvalue weighted by molar-refractivity contribution is 5.86. The van der Waals surface area contributed by atoms with Crippen LogP contribution in [0.3, 0.4) is 0 Å². The molecule has 1 aromatic heterocycles. The van der Waals surface area contributed by atoms with Gasteiger partial charge in [0.2, 0.25) is 0 Å². The van der Waals surface area contributed by atoms with Gasteiger partial charge in [-0.05, 0) is 31.0 Å². The molecule has 2 aliphatic rings. The maximum Gasteiger partial charge on any atom is 0.317 e. The van der Waals surface area contributed by atoms with Crippen LogP contribution in [0.2, 0.25) is 0 Å². The van der Waals surface area contributed by atoms with Crippen molar-refractivity contribution in [3.8, 4) is 5.75 Å². The number of aromatic nitrogens is 1. The van der Waals surface area contributed by atoms with Crippen LogP contribution in [0.4, 0.5) is 4.79 Å². The highest BCUT2D eigenvalue weighted by Gasteiger charge is 2.26. The van der Waals surface area contributed by atoms with Gasteiger partial charge in [-0.2, -0.15) is 0 Å². The van der Waals surface area contributed by atoms with Gasteiger partial charge in [0.25, 0.3) is 0 Å². The van der Waals surface area contributed by atoms with Gasteiger partial charge in [0.15, 0.2) is 0 Å². The number of nitrogens with zero attached hydrogens (tertiary/aromatic N) is 2. The first-order chi connectivity index (χ1) is 12.7. The molecule has 2 aliphatic heterocycles. The Hall–Kier alpha value is -2.21. The lowest BCUT2D eigenvalue weighted by molar-refractivity contribution is 0.0748. The fourth-order valence-corrected chi connectivity index (χ4v) is 3.84. The number of fused-ring (bicyclic) bond motifs is 1. The number of piperidine rings is 1. The fraction of sp³-hybridized carbons (Fsp3) is 0.550. The highest BCUT2D eigenvalue weighted by atomic mass is 16.5. The normalized spacial score (nSPS) is 19.7. The second-order valence-electron chi connectivity index (χ2n) is 7.26. The summed E-state index contributed by atoms with van der Waals surface area (Å²) in [4.78, 5) is 14.4. The molecule has 3 heterocycles. The van der Waals surface area contributed by atoms with Crippen molar-refractivity contribution in [2.24, 2.45) is 7.05 Å². The molecule has 2 amide bonds. The highest BCUT2D eigenvalue weighted by Crippen LogP contribution is 2.28. The molecular weight excluding hydrogens is 330 g/mol. The van der Waals surface area contributed by atoms with E-state index in [4.69, 9.17) is 9.47 Å². The van der Waals surface area contributed by atoms with Crippen LogP contribution in [0, 0.1) is 0 Å². The average molecular weight is 357 g/mol. The second kappa shape index (κ2) is 7.58. The summed E-state index contributed by atoms with van der Waals surface area (Å²) in [7, 11) is 2.04. The molecule has 26 heavy (non-hydrogen) atoms. The summed E-state index contributed by atoms with van der Waals surface area (Å²) in [6, 6.07) is 8.58. The summed E-state index contributed by atoms with van der Waals surface area (Å²) in [5.74, 6) is 0.938. The quantitative estimate of drug-likeness (QED) is 0.919. The number of benzene rings is 1. The van der Waals surface area contributed by atoms with E-state index < -0.39 is 0 Å². The summed E-state index contributed by atoms with van der Waals surface area (Å²) in [5.41, 5.74) is 1.18. The van der Waals surface area contributed by atoms with Crippen molar-refractivity contribution in [1.29, 1.82) is 0 Å². The molecule has 0 spiro atoms. The van der Waals surface area contributed by atoms with E-state index >= 15 is 0 Å². The Bertz CT molecular complexity index is 759. The fourth-order valence-electron chi connectivity index (χ4n) is 3.84. The van der Waals surface area contributed by atoms with Gasteiger partial charge in [-0.25, -0.2) is 4.79 Å². The van der Waals surface area contributed by atoms with Crippen molar-refractivity contribution in [3.05, 3.63) is 30.5 Å². The van der Waals surface area contributed by atoms with Gasteiger partial charge >= 0.3 is 6.03 Å². The van der Waals surface area contributed by atoms with Crippen LogP contribution in [0.5, 0.6) is 5.75 Å². The molecule has 140 valence electrons. The summed E-state index contributed by atoms with van der Waals surface area (Å²) in [6.07, 6.45) is 5.77. The van der Waals surface area contributed by atoms with Gasteiger partial charge in [-0.1, -0.05) is 6.07 Å². The van der Waals surface area contributed by atoms with Crippen LogP contribution in [0.15, 0.2) is 30.5 Å². The van der Waals surface area contributed by atoms with Crippen LogP contribution < -0.4 is 10.1 Å². The zero-order valence-corrected chi connectivity index (χ0v) is 15.3. The van der Waals surface area contributed by atoms with Crippen LogP contribution >= 0.6 is 0 Å². The smallest absolute Gasteiger partial charge is 0.317 e. The molecule has 0 saturated carbocycles. The lowest BCUT2D eigenvalue weighted by atomic mass is 10.1. The average Bonchev–Trinajstić information content (AvgIpc) is 3.05. The minimum Gasteiger partial charge on any atom is -0.490 e. The van der Waals surface area contributed by atoms with Crippen molar-refractivity contribution < 1.29 is 14.3 Å². The van der Waals surface area contributed by atoms with E-state index in [1.807, 2.05) is 24.1 Å². The van der Waals surface area contributed by atoms with E-state index in [0.717, 1.165) is 63.1 Å². The van der Waals surface area contributed by atoms with Gasteiger partial charge in [0.05, 0.1) is 5.52 Å². The van der Waals surface area contributed by atoms with Crippen LogP contribution in [0.1, 0.15) is 25.7 Å². The molecule has 2 fully saturated rings. The van der Waals surface area contributed by atoms with Crippen LogP contribution in [-0.2, 0) is 11.8 Å². The van der Waals surface area contributed by atoms with Gasteiger partial charge in [-0.15, -0.1) is 0 Å². The zero-order chi connectivity index (χ0) is 17.9. The Labute approximate surface area is 154 Å². The van der Waals surface area contributed by atoms with Crippen molar-refractivity contribution in [1.82, 2.24) is 14.8 Å². The number of hydrogen-bond acceptors (Lipinski definition) is 3. The molecule has 1 aromatic carbocycles. The van der Waals surface area contributed by atoms with Crippen molar-refractivity contribution in [3.63, 3.8) is 0 Å². The molecule has 2 saturated heterocycles. The molecule has 0 radical (unpaired) electrons. The molecule has 6 nitrogen and oxygen atoms in total. The number of amides is 2. The number of likely N-dealkylation sites (tertiary alicyclic amines) is 1. The molecule has 2 aromatic rings. The van der Waals surface area contributed by atoms with Crippen molar-refractivity contribution >= 4 is 16.9 Å². The maximum absolute atomic E-state index is 12.4. The largest absolute Gasteiger partial charge is 0.490 e. The number of hydrogen-bond donors (Lipinski definition) is 1. The third-order valence-electron chi connectivity index (χ3n) is 5.46. The molecule has 6 heteroatoms. The molecule has 0 aliphatic carbocycles. The number of carbonyl (C=O) groups is 1. The number of ether oxygens (including phenoxy) is 2. The van der Waals surface area contributed by atoms with Gasteiger partial charge in [0.1, 0.15) is 11.9 Å². The van der Waals surface area contributed by atoms with Crippen LogP contribution in [0.25, 0.3) is 10.9 Å². The number of rotatable bonds is 3. The Morgan fingerprint density at radius 3 is 2.69 bits per heavy atom. The summed E-state index contributed by atoms with van der Waals surface area (Å²) < 4.78 is 13.7. The third kappa shape index (κ3) is 3.65. The Balaban J connectivity index is 1.31. The first kappa shape index (κ1) is 17.2. The first-order valence-corrected chi connectivity index (χ1v) is 9.54. The van der Waals surface area contributed by atoms with Crippen molar-refractivity contribution in [2.75, 3.05) is 26.3 Å². The number of nitrogens with one attached hydrogen (secondary N) is 1. The van der Waals surface area contributed by atoms with E-state index in [1.54, 1.807) is 0 Å². The molecular formula is C20H27N3O3. The van der Waals surface area contributed by atoms with Gasteiger partial charge < -0.3 is 24.3 Å². The standard InChI is InChI=1S/C20H27N3O3/c1-22-10-7-17-18(22)3-2-4-19(17)26-16-5-11-23(12-6-16)20(24)21-15-8-13-25-14-9-15/h2-4,7,10,15-16H,5-6,8-9,11-14H2,1H3,(H,21,24). The third-order valence-corrected chi connectivity index (χ3v) is 5.46. The summed E-state index contributed by atoms with van der Waals surface area (Å²) in [5, 5.41) is 4.29. The van der Waals surface area contributed by atoms with E-state index in [0.29, 0.717) is 0 Å². The molecule has 0 unspecified atom stereocenters. The predicted molar refractivity (Wildman–Crippen MR) is 101 cm³/mol. The SMILES string of the molecule is Cn1ccc2c(OC3CCN(C(=O)NC4CCOCC4)CC3)cccc21. The monoisotopic (exact) mass is 357 g/mol. The maximum atomic E-state index is 12.4. The van der Waals surface area contributed by atoms with E-state index in [9.17, 15) is 4.79 Å². The zero-order valence-electron chi connectivity index (χ0n) is 15.3. The molecule has 1 N–H and O–H groups in total.